The zero-order valence-corrected chi connectivity index (χ0v) is 10.4. The van der Waals surface area contributed by atoms with Gasteiger partial charge in [-0.3, -0.25) is 0 Å². The molecule has 0 amide bonds. The van der Waals surface area contributed by atoms with Crippen molar-refractivity contribution in [2.45, 2.75) is 32.8 Å². The molecule has 0 aromatic rings. The van der Waals surface area contributed by atoms with E-state index in [1.165, 1.54) is 19.4 Å². The molecule has 0 radical (unpaired) electrons. The highest BCUT2D eigenvalue weighted by Gasteiger charge is 2.24. The Kier molecular flexibility index (Phi) is 5.58. The smallest absolute Gasteiger partial charge is 0.0710 e. The lowest BCUT2D eigenvalue weighted by Gasteiger charge is -2.23. The highest BCUT2D eigenvalue weighted by atomic mass is 16.5. The van der Waals surface area contributed by atoms with E-state index in [9.17, 15) is 0 Å². The quantitative estimate of drug-likeness (QED) is 0.725. The number of rotatable bonds is 6. The Morgan fingerprint density at radius 1 is 1.47 bits per heavy atom. The molecule has 1 heterocycles. The van der Waals surface area contributed by atoms with E-state index in [0.29, 0.717) is 12.0 Å². The summed E-state index contributed by atoms with van der Waals surface area (Å²) in [6.45, 7) is 8.76. The van der Waals surface area contributed by atoms with E-state index in [0.717, 1.165) is 25.6 Å². The van der Waals surface area contributed by atoms with Crippen molar-refractivity contribution in [3.05, 3.63) is 0 Å². The van der Waals surface area contributed by atoms with E-state index in [1.807, 2.05) is 7.11 Å². The third-order valence-electron chi connectivity index (χ3n) is 3.22. The fourth-order valence-corrected chi connectivity index (χ4v) is 2.43. The molecule has 0 bridgehead atoms. The summed E-state index contributed by atoms with van der Waals surface area (Å²) in [5, 5.41) is 0. The molecule has 1 rings (SSSR count). The number of nitrogens with zero attached hydrogens (tertiary/aromatic N) is 1. The van der Waals surface area contributed by atoms with Crippen LogP contribution < -0.4 is 5.73 Å². The first-order chi connectivity index (χ1) is 7.15. The molecule has 3 nitrogen and oxygen atoms in total. The van der Waals surface area contributed by atoms with Gasteiger partial charge in [-0.1, -0.05) is 13.8 Å². The summed E-state index contributed by atoms with van der Waals surface area (Å²) in [7, 11) is 1.81. The number of hydrogen-bond donors (Lipinski definition) is 1. The van der Waals surface area contributed by atoms with Crippen LogP contribution in [0.15, 0.2) is 0 Å². The molecule has 1 fully saturated rings. The van der Waals surface area contributed by atoms with Gasteiger partial charge in [-0.15, -0.1) is 0 Å². The molecule has 0 aromatic carbocycles. The molecule has 0 aromatic heterocycles. The van der Waals surface area contributed by atoms with E-state index in [1.54, 1.807) is 0 Å². The lowest BCUT2D eigenvalue weighted by atomic mass is 9.97. The van der Waals surface area contributed by atoms with Gasteiger partial charge in [0.1, 0.15) is 0 Å². The third-order valence-corrected chi connectivity index (χ3v) is 3.22. The fourth-order valence-electron chi connectivity index (χ4n) is 2.43. The minimum Gasteiger partial charge on any atom is -0.380 e. The van der Waals surface area contributed by atoms with Crippen LogP contribution in [0.3, 0.4) is 0 Å². The van der Waals surface area contributed by atoms with Crippen LogP contribution in [-0.4, -0.2) is 44.3 Å². The highest BCUT2D eigenvalue weighted by Crippen LogP contribution is 2.17. The fraction of sp³-hybridized carbons (Fsp3) is 1.00. The second-order valence-electron chi connectivity index (χ2n) is 5.14. The Balaban J connectivity index is 2.27. The Morgan fingerprint density at radius 2 is 2.20 bits per heavy atom. The second-order valence-corrected chi connectivity index (χ2v) is 5.14. The Morgan fingerprint density at radius 3 is 2.67 bits per heavy atom. The van der Waals surface area contributed by atoms with Crippen molar-refractivity contribution in [3.63, 3.8) is 0 Å². The van der Waals surface area contributed by atoms with Crippen LogP contribution in [0.25, 0.3) is 0 Å². The number of ether oxygens (including phenoxy) is 1. The minimum atomic E-state index is 0.447. The standard InChI is InChI=1S/C12H26N2O/c1-10(2)6-11(7-13)8-14-5-4-12(9-14)15-3/h10-12H,4-9,13H2,1-3H3. The molecule has 90 valence electrons. The third kappa shape index (κ3) is 4.49. The van der Waals surface area contributed by atoms with E-state index >= 15 is 0 Å². The lowest BCUT2D eigenvalue weighted by Crippen LogP contribution is -2.33. The van der Waals surface area contributed by atoms with Crippen LogP contribution in [0.2, 0.25) is 0 Å². The van der Waals surface area contributed by atoms with Gasteiger partial charge >= 0.3 is 0 Å². The van der Waals surface area contributed by atoms with Crippen molar-refractivity contribution in [2.24, 2.45) is 17.6 Å². The van der Waals surface area contributed by atoms with Gasteiger partial charge in [0.05, 0.1) is 6.10 Å². The summed E-state index contributed by atoms with van der Waals surface area (Å²) in [6.07, 6.45) is 2.86. The normalized spacial score (nSPS) is 25.0. The molecule has 1 saturated heterocycles. The predicted octanol–water partition coefficient (Wildman–Crippen LogP) is 1.33. The summed E-state index contributed by atoms with van der Waals surface area (Å²) >= 11 is 0. The van der Waals surface area contributed by atoms with E-state index in [4.69, 9.17) is 10.5 Å². The summed E-state index contributed by atoms with van der Waals surface area (Å²) < 4.78 is 5.36. The molecule has 2 atom stereocenters. The van der Waals surface area contributed by atoms with Gasteiger partial charge in [0.2, 0.25) is 0 Å². The van der Waals surface area contributed by atoms with Gasteiger partial charge < -0.3 is 15.4 Å². The van der Waals surface area contributed by atoms with Crippen molar-refractivity contribution in [2.75, 3.05) is 33.3 Å². The minimum absolute atomic E-state index is 0.447. The Hall–Kier alpha value is -0.120. The van der Waals surface area contributed by atoms with Crippen LogP contribution >= 0.6 is 0 Å². The number of likely N-dealkylation sites (tertiary alicyclic amines) is 1. The van der Waals surface area contributed by atoms with Gasteiger partial charge in [0.25, 0.3) is 0 Å². The second kappa shape index (κ2) is 6.46. The Labute approximate surface area is 94.0 Å². The molecular formula is C12H26N2O. The largest absolute Gasteiger partial charge is 0.380 e. The lowest BCUT2D eigenvalue weighted by molar-refractivity contribution is 0.105. The van der Waals surface area contributed by atoms with Crippen molar-refractivity contribution < 1.29 is 4.74 Å². The summed E-state index contributed by atoms with van der Waals surface area (Å²) in [4.78, 5) is 2.49. The van der Waals surface area contributed by atoms with E-state index in [2.05, 4.69) is 18.7 Å². The molecule has 2 N–H and O–H groups in total. The number of nitrogens with two attached hydrogens (primary N) is 1. The molecule has 3 heteroatoms. The molecule has 0 saturated carbocycles. The Bertz CT molecular complexity index is 173. The van der Waals surface area contributed by atoms with Crippen LogP contribution in [-0.2, 0) is 4.74 Å². The van der Waals surface area contributed by atoms with Crippen molar-refractivity contribution >= 4 is 0 Å². The molecule has 1 aliphatic rings. The maximum absolute atomic E-state index is 5.81. The maximum Gasteiger partial charge on any atom is 0.0710 e. The van der Waals surface area contributed by atoms with Crippen LogP contribution in [0.5, 0.6) is 0 Å². The number of hydrogen-bond acceptors (Lipinski definition) is 3. The molecule has 1 aliphatic heterocycles. The maximum atomic E-state index is 5.81. The van der Waals surface area contributed by atoms with Gasteiger partial charge in [0.15, 0.2) is 0 Å². The van der Waals surface area contributed by atoms with Crippen LogP contribution in [0.1, 0.15) is 26.7 Å². The monoisotopic (exact) mass is 214 g/mol. The zero-order chi connectivity index (χ0) is 11.3. The van der Waals surface area contributed by atoms with Gasteiger partial charge in [-0.25, -0.2) is 0 Å². The highest BCUT2D eigenvalue weighted by molar-refractivity contribution is 4.78. The summed E-state index contributed by atoms with van der Waals surface area (Å²) in [5.74, 6) is 1.40. The predicted molar refractivity (Wildman–Crippen MR) is 63.9 cm³/mol. The molecule has 2 unspecified atom stereocenters. The average Bonchev–Trinajstić information content (AvgIpc) is 2.64. The van der Waals surface area contributed by atoms with Gasteiger partial charge in [0, 0.05) is 26.7 Å². The summed E-state index contributed by atoms with van der Waals surface area (Å²) in [6, 6.07) is 0. The summed E-state index contributed by atoms with van der Waals surface area (Å²) in [5.41, 5.74) is 5.81. The van der Waals surface area contributed by atoms with Gasteiger partial charge in [-0.2, -0.15) is 0 Å². The number of methoxy groups -OCH3 is 1. The van der Waals surface area contributed by atoms with Crippen molar-refractivity contribution in [1.29, 1.82) is 0 Å². The molecular weight excluding hydrogens is 188 g/mol. The topological polar surface area (TPSA) is 38.5 Å². The molecule has 0 spiro atoms. The van der Waals surface area contributed by atoms with Crippen LogP contribution in [0.4, 0.5) is 0 Å². The first kappa shape index (κ1) is 12.9. The first-order valence-corrected chi connectivity index (χ1v) is 6.11. The first-order valence-electron chi connectivity index (χ1n) is 6.11. The SMILES string of the molecule is COC1CCN(CC(CN)CC(C)C)C1. The average molecular weight is 214 g/mol. The van der Waals surface area contributed by atoms with Crippen LogP contribution in [0, 0.1) is 11.8 Å². The van der Waals surface area contributed by atoms with Gasteiger partial charge in [-0.05, 0) is 31.2 Å². The van der Waals surface area contributed by atoms with Crippen molar-refractivity contribution in [1.82, 2.24) is 4.90 Å². The van der Waals surface area contributed by atoms with E-state index < -0.39 is 0 Å². The van der Waals surface area contributed by atoms with E-state index in [-0.39, 0.29) is 0 Å². The molecule has 15 heavy (non-hydrogen) atoms. The van der Waals surface area contributed by atoms with Crippen molar-refractivity contribution in [3.8, 4) is 0 Å². The zero-order valence-electron chi connectivity index (χ0n) is 10.4. The molecule has 0 aliphatic carbocycles.